The Balaban J connectivity index is 1.82. The fourth-order valence-corrected chi connectivity index (χ4v) is 2.15. The van der Waals surface area contributed by atoms with Crippen LogP contribution in [-0.2, 0) is 11.3 Å². The van der Waals surface area contributed by atoms with Gasteiger partial charge in [-0.2, -0.15) is 0 Å². The van der Waals surface area contributed by atoms with E-state index in [0.29, 0.717) is 11.6 Å². The molecule has 1 saturated heterocycles. The van der Waals surface area contributed by atoms with Gasteiger partial charge in [0.2, 0.25) is 0 Å². The Morgan fingerprint density at radius 3 is 3.05 bits per heavy atom. The average molecular weight is 264 g/mol. The van der Waals surface area contributed by atoms with Crippen LogP contribution in [0, 0.1) is 5.92 Å². The number of nitrogens with one attached hydrogen (secondary N) is 1. The minimum absolute atomic E-state index is 0.0336. The van der Waals surface area contributed by atoms with Gasteiger partial charge in [-0.25, -0.2) is 0 Å². The fraction of sp³-hybridized carbons (Fsp3) is 0.538. The van der Waals surface area contributed by atoms with E-state index in [0.717, 1.165) is 44.7 Å². The molecule has 0 saturated carbocycles. The SMILES string of the molecule is NC(=NO)c1cc(CNCC2CCOCC2)ccn1. The van der Waals surface area contributed by atoms with Crippen LogP contribution in [0.5, 0.6) is 0 Å². The first-order chi connectivity index (χ1) is 9.29. The summed E-state index contributed by atoms with van der Waals surface area (Å²) in [6, 6.07) is 3.75. The van der Waals surface area contributed by atoms with Gasteiger partial charge in [0, 0.05) is 26.0 Å². The van der Waals surface area contributed by atoms with E-state index in [4.69, 9.17) is 15.7 Å². The van der Waals surface area contributed by atoms with Crippen LogP contribution in [0.2, 0.25) is 0 Å². The molecule has 19 heavy (non-hydrogen) atoms. The molecule has 2 rings (SSSR count). The quantitative estimate of drug-likeness (QED) is 0.315. The van der Waals surface area contributed by atoms with E-state index in [1.807, 2.05) is 12.1 Å². The molecular formula is C13H20N4O2. The second-order valence-electron chi connectivity index (χ2n) is 4.72. The smallest absolute Gasteiger partial charge is 0.188 e. The number of nitrogens with two attached hydrogens (primary N) is 1. The minimum atomic E-state index is 0.0336. The van der Waals surface area contributed by atoms with Gasteiger partial charge in [0.15, 0.2) is 5.84 Å². The molecule has 4 N–H and O–H groups in total. The molecule has 1 aromatic heterocycles. The first-order valence-corrected chi connectivity index (χ1v) is 6.51. The number of nitrogens with zero attached hydrogens (tertiary/aromatic N) is 2. The molecule has 6 nitrogen and oxygen atoms in total. The number of pyridine rings is 1. The van der Waals surface area contributed by atoms with E-state index < -0.39 is 0 Å². The Bertz CT molecular complexity index is 430. The van der Waals surface area contributed by atoms with E-state index in [-0.39, 0.29) is 5.84 Å². The van der Waals surface area contributed by atoms with Crippen LogP contribution in [0.4, 0.5) is 0 Å². The summed E-state index contributed by atoms with van der Waals surface area (Å²) in [6.45, 7) is 3.49. The summed E-state index contributed by atoms with van der Waals surface area (Å²) in [5.41, 5.74) is 7.08. The number of hydrogen-bond donors (Lipinski definition) is 3. The molecule has 0 atom stereocenters. The van der Waals surface area contributed by atoms with Gasteiger partial charge in [-0.05, 0) is 43.0 Å². The molecule has 0 spiro atoms. The highest BCUT2D eigenvalue weighted by Crippen LogP contribution is 2.13. The highest BCUT2D eigenvalue weighted by Gasteiger charge is 2.12. The topological polar surface area (TPSA) is 92.8 Å². The monoisotopic (exact) mass is 264 g/mol. The number of rotatable bonds is 5. The summed E-state index contributed by atoms with van der Waals surface area (Å²) in [7, 11) is 0. The maximum atomic E-state index is 8.62. The Morgan fingerprint density at radius 1 is 1.53 bits per heavy atom. The van der Waals surface area contributed by atoms with Gasteiger partial charge in [0.25, 0.3) is 0 Å². The standard InChI is InChI=1S/C13H20N4O2/c14-13(17-18)12-7-11(1-4-16-12)9-15-8-10-2-5-19-6-3-10/h1,4,7,10,15,18H,2-3,5-6,8-9H2,(H2,14,17). The van der Waals surface area contributed by atoms with Crippen LogP contribution in [0.25, 0.3) is 0 Å². The highest BCUT2D eigenvalue weighted by molar-refractivity contribution is 5.95. The van der Waals surface area contributed by atoms with E-state index in [1.165, 1.54) is 0 Å². The Hall–Kier alpha value is -1.66. The molecule has 0 unspecified atom stereocenters. The van der Waals surface area contributed by atoms with Gasteiger partial charge >= 0.3 is 0 Å². The van der Waals surface area contributed by atoms with Crippen molar-refractivity contribution in [3.05, 3.63) is 29.6 Å². The van der Waals surface area contributed by atoms with Crippen LogP contribution in [0.1, 0.15) is 24.1 Å². The molecule has 0 amide bonds. The molecule has 6 heteroatoms. The lowest BCUT2D eigenvalue weighted by atomic mass is 10.0. The third-order valence-corrected chi connectivity index (χ3v) is 3.30. The van der Waals surface area contributed by atoms with Gasteiger partial charge in [0.05, 0.1) is 0 Å². The number of amidine groups is 1. The predicted molar refractivity (Wildman–Crippen MR) is 72.0 cm³/mol. The van der Waals surface area contributed by atoms with E-state index in [2.05, 4.69) is 15.5 Å². The molecule has 0 aliphatic carbocycles. The zero-order valence-electron chi connectivity index (χ0n) is 10.9. The zero-order chi connectivity index (χ0) is 13.5. The molecule has 1 aromatic rings. The van der Waals surface area contributed by atoms with Crippen molar-refractivity contribution < 1.29 is 9.94 Å². The summed E-state index contributed by atoms with van der Waals surface area (Å²) < 4.78 is 5.33. The summed E-state index contributed by atoms with van der Waals surface area (Å²) in [5.74, 6) is 0.727. The van der Waals surface area contributed by atoms with Crippen molar-refractivity contribution in [3.8, 4) is 0 Å². The van der Waals surface area contributed by atoms with Gasteiger partial charge in [-0.15, -0.1) is 0 Å². The van der Waals surface area contributed by atoms with Gasteiger partial charge in [-0.1, -0.05) is 5.16 Å². The lowest BCUT2D eigenvalue weighted by Gasteiger charge is -2.22. The first-order valence-electron chi connectivity index (χ1n) is 6.51. The average Bonchev–Trinajstić information content (AvgIpc) is 2.48. The summed E-state index contributed by atoms with van der Waals surface area (Å²) in [4.78, 5) is 4.05. The maximum Gasteiger partial charge on any atom is 0.188 e. The van der Waals surface area contributed by atoms with Crippen LogP contribution < -0.4 is 11.1 Å². The van der Waals surface area contributed by atoms with Crippen molar-refractivity contribution in [2.75, 3.05) is 19.8 Å². The van der Waals surface area contributed by atoms with Crippen molar-refractivity contribution in [1.29, 1.82) is 0 Å². The van der Waals surface area contributed by atoms with E-state index >= 15 is 0 Å². The summed E-state index contributed by atoms with van der Waals surface area (Å²) in [6.07, 6.45) is 3.91. The summed E-state index contributed by atoms with van der Waals surface area (Å²) >= 11 is 0. The highest BCUT2D eigenvalue weighted by atomic mass is 16.5. The molecule has 1 fully saturated rings. The number of hydrogen-bond acceptors (Lipinski definition) is 5. The molecule has 2 heterocycles. The second-order valence-corrected chi connectivity index (χ2v) is 4.72. The van der Waals surface area contributed by atoms with Crippen molar-refractivity contribution in [2.24, 2.45) is 16.8 Å². The second kappa shape index (κ2) is 7.06. The molecule has 0 aromatic carbocycles. The third kappa shape index (κ3) is 4.18. The van der Waals surface area contributed by atoms with Gasteiger partial charge in [0.1, 0.15) is 5.69 Å². The van der Waals surface area contributed by atoms with Crippen LogP contribution >= 0.6 is 0 Å². The molecule has 0 bridgehead atoms. The molecule has 104 valence electrons. The molecule has 1 aliphatic rings. The maximum absolute atomic E-state index is 8.62. The molecule has 1 aliphatic heterocycles. The normalized spacial score (nSPS) is 17.6. The van der Waals surface area contributed by atoms with E-state index in [9.17, 15) is 0 Å². The Labute approximate surface area is 112 Å². The van der Waals surface area contributed by atoms with Crippen LogP contribution in [0.3, 0.4) is 0 Å². The lowest BCUT2D eigenvalue weighted by Crippen LogP contribution is -2.27. The Kier molecular flexibility index (Phi) is 5.11. The predicted octanol–water partition coefficient (Wildman–Crippen LogP) is 0.692. The number of aromatic nitrogens is 1. The molecule has 0 radical (unpaired) electrons. The van der Waals surface area contributed by atoms with Crippen LogP contribution in [-0.4, -0.2) is 35.8 Å². The lowest BCUT2D eigenvalue weighted by molar-refractivity contribution is 0.0662. The third-order valence-electron chi connectivity index (χ3n) is 3.30. The minimum Gasteiger partial charge on any atom is -0.409 e. The largest absolute Gasteiger partial charge is 0.409 e. The van der Waals surface area contributed by atoms with Crippen molar-refractivity contribution >= 4 is 5.84 Å². The van der Waals surface area contributed by atoms with Crippen LogP contribution in [0.15, 0.2) is 23.5 Å². The van der Waals surface area contributed by atoms with Gasteiger partial charge < -0.3 is 21.0 Å². The van der Waals surface area contributed by atoms with Crippen molar-refractivity contribution in [1.82, 2.24) is 10.3 Å². The fourth-order valence-electron chi connectivity index (χ4n) is 2.15. The van der Waals surface area contributed by atoms with E-state index in [1.54, 1.807) is 6.20 Å². The zero-order valence-corrected chi connectivity index (χ0v) is 10.9. The van der Waals surface area contributed by atoms with Crippen molar-refractivity contribution in [3.63, 3.8) is 0 Å². The van der Waals surface area contributed by atoms with Crippen molar-refractivity contribution in [2.45, 2.75) is 19.4 Å². The Morgan fingerprint density at radius 2 is 2.32 bits per heavy atom. The number of ether oxygens (including phenoxy) is 1. The van der Waals surface area contributed by atoms with Gasteiger partial charge in [-0.3, -0.25) is 4.98 Å². The molecular weight excluding hydrogens is 244 g/mol. The summed E-state index contributed by atoms with van der Waals surface area (Å²) in [5, 5.41) is 15.0. The first kappa shape index (κ1) is 13.8. The number of oxime groups is 1.